The van der Waals surface area contributed by atoms with Gasteiger partial charge in [-0.15, -0.1) is 0 Å². The van der Waals surface area contributed by atoms with Gasteiger partial charge in [0, 0.05) is 6.42 Å². The molecule has 0 fully saturated rings. The summed E-state index contributed by atoms with van der Waals surface area (Å²) in [5.41, 5.74) is 3.69. The Morgan fingerprint density at radius 1 is 0.857 bits per heavy atom. The van der Waals surface area contributed by atoms with Crippen LogP contribution in [0.3, 0.4) is 0 Å². The average molecular weight is 274 g/mol. The SMILES string of the molecule is CC(=O)Cc1ccc2ccccc2c1Cc1ccccc1. The monoisotopic (exact) mass is 274 g/mol. The van der Waals surface area contributed by atoms with Crippen molar-refractivity contribution in [1.82, 2.24) is 0 Å². The maximum Gasteiger partial charge on any atom is 0.134 e. The molecule has 0 bridgehead atoms. The molecule has 0 amide bonds. The van der Waals surface area contributed by atoms with Gasteiger partial charge in [0.2, 0.25) is 0 Å². The maximum atomic E-state index is 11.6. The van der Waals surface area contributed by atoms with E-state index in [1.165, 1.54) is 21.9 Å². The van der Waals surface area contributed by atoms with Crippen LogP contribution in [0.2, 0.25) is 0 Å². The first kappa shape index (κ1) is 13.6. The molecule has 1 nitrogen and oxygen atoms in total. The van der Waals surface area contributed by atoms with Gasteiger partial charge in [0.05, 0.1) is 0 Å². The van der Waals surface area contributed by atoms with Gasteiger partial charge in [-0.1, -0.05) is 66.7 Å². The molecule has 0 aliphatic heterocycles. The summed E-state index contributed by atoms with van der Waals surface area (Å²) in [6.07, 6.45) is 1.37. The van der Waals surface area contributed by atoms with Crippen molar-refractivity contribution in [3.63, 3.8) is 0 Å². The van der Waals surface area contributed by atoms with Gasteiger partial charge in [-0.05, 0) is 40.8 Å². The first-order valence-electron chi connectivity index (χ1n) is 7.27. The Morgan fingerprint density at radius 2 is 1.57 bits per heavy atom. The topological polar surface area (TPSA) is 17.1 Å². The van der Waals surface area contributed by atoms with Crippen LogP contribution >= 0.6 is 0 Å². The van der Waals surface area contributed by atoms with E-state index in [4.69, 9.17) is 0 Å². The molecule has 21 heavy (non-hydrogen) atoms. The van der Waals surface area contributed by atoms with E-state index in [0.29, 0.717) is 6.42 Å². The molecule has 3 rings (SSSR count). The van der Waals surface area contributed by atoms with Gasteiger partial charge >= 0.3 is 0 Å². The predicted molar refractivity (Wildman–Crippen MR) is 87.6 cm³/mol. The molecule has 0 spiro atoms. The maximum absolute atomic E-state index is 11.6. The first-order valence-corrected chi connectivity index (χ1v) is 7.27. The molecule has 3 aromatic carbocycles. The fourth-order valence-electron chi connectivity index (χ4n) is 2.82. The lowest BCUT2D eigenvalue weighted by Crippen LogP contribution is -2.02. The van der Waals surface area contributed by atoms with Gasteiger partial charge < -0.3 is 0 Å². The van der Waals surface area contributed by atoms with E-state index >= 15 is 0 Å². The van der Waals surface area contributed by atoms with Gasteiger partial charge in [-0.2, -0.15) is 0 Å². The van der Waals surface area contributed by atoms with Crippen molar-refractivity contribution in [2.24, 2.45) is 0 Å². The van der Waals surface area contributed by atoms with Gasteiger partial charge in [-0.3, -0.25) is 4.79 Å². The van der Waals surface area contributed by atoms with Crippen molar-refractivity contribution in [2.75, 3.05) is 0 Å². The van der Waals surface area contributed by atoms with Crippen LogP contribution in [0.1, 0.15) is 23.6 Å². The molecule has 0 atom stereocenters. The lowest BCUT2D eigenvalue weighted by atomic mass is 9.91. The highest BCUT2D eigenvalue weighted by molar-refractivity contribution is 5.89. The van der Waals surface area contributed by atoms with Crippen LogP contribution in [0, 0.1) is 0 Å². The Balaban J connectivity index is 2.13. The number of Topliss-reactive ketones (excluding diaryl/α,β-unsaturated/α-hetero) is 1. The third-order valence-electron chi connectivity index (χ3n) is 3.80. The van der Waals surface area contributed by atoms with Crippen LogP contribution in [-0.4, -0.2) is 5.78 Å². The largest absolute Gasteiger partial charge is 0.300 e. The van der Waals surface area contributed by atoms with E-state index in [-0.39, 0.29) is 5.78 Å². The summed E-state index contributed by atoms with van der Waals surface area (Å²) in [4.78, 5) is 11.6. The van der Waals surface area contributed by atoms with Crippen LogP contribution in [0.5, 0.6) is 0 Å². The molecule has 0 saturated heterocycles. The molecule has 0 aromatic heterocycles. The zero-order valence-electron chi connectivity index (χ0n) is 12.2. The van der Waals surface area contributed by atoms with Crippen LogP contribution in [0.4, 0.5) is 0 Å². The van der Waals surface area contributed by atoms with Crippen LogP contribution < -0.4 is 0 Å². The molecule has 0 heterocycles. The first-order chi connectivity index (χ1) is 10.2. The Bertz CT molecular complexity index is 772. The van der Waals surface area contributed by atoms with E-state index in [9.17, 15) is 4.79 Å². The van der Waals surface area contributed by atoms with E-state index in [1.54, 1.807) is 6.92 Å². The van der Waals surface area contributed by atoms with Gasteiger partial charge in [-0.25, -0.2) is 0 Å². The minimum absolute atomic E-state index is 0.208. The highest BCUT2D eigenvalue weighted by Gasteiger charge is 2.10. The van der Waals surface area contributed by atoms with Crippen LogP contribution in [-0.2, 0) is 17.6 Å². The molecular weight excluding hydrogens is 256 g/mol. The molecule has 104 valence electrons. The standard InChI is InChI=1S/C20H18O/c1-15(21)13-18-12-11-17-9-5-6-10-19(17)20(18)14-16-7-3-2-4-8-16/h2-12H,13-14H2,1H3. The average Bonchev–Trinajstić information content (AvgIpc) is 2.50. The van der Waals surface area contributed by atoms with Crippen molar-refractivity contribution in [3.8, 4) is 0 Å². The molecule has 3 aromatic rings. The number of rotatable bonds is 4. The number of carbonyl (C=O) groups excluding carboxylic acids is 1. The molecular formula is C20H18O. The van der Waals surface area contributed by atoms with Gasteiger partial charge in [0.15, 0.2) is 0 Å². The van der Waals surface area contributed by atoms with Crippen molar-refractivity contribution in [2.45, 2.75) is 19.8 Å². The second-order valence-electron chi connectivity index (χ2n) is 5.47. The Kier molecular flexibility index (Phi) is 3.83. The smallest absolute Gasteiger partial charge is 0.134 e. The highest BCUT2D eigenvalue weighted by atomic mass is 16.1. The zero-order chi connectivity index (χ0) is 14.7. The summed E-state index contributed by atoms with van der Waals surface area (Å²) in [5.74, 6) is 0.208. The van der Waals surface area contributed by atoms with E-state index in [2.05, 4.69) is 60.7 Å². The summed E-state index contributed by atoms with van der Waals surface area (Å²) in [6, 6.07) is 23.0. The number of hydrogen-bond donors (Lipinski definition) is 0. The van der Waals surface area contributed by atoms with E-state index in [0.717, 1.165) is 12.0 Å². The summed E-state index contributed by atoms with van der Waals surface area (Å²) >= 11 is 0. The quantitative estimate of drug-likeness (QED) is 0.681. The normalized spacial score (nSPS) is 10.7. The van der Waals surface area contributed by atoms with Crippen molar-refractivity contribution >= 4 is 16.6 Å². The number of hydrogen-bond acceptors (Lipinski definition) is 1. The predicted octanol–water partition coefficient (Wildman–Crippen LogP) is 4.56. The van der Waals surface area contributed by atoms with Crippen molar-refractivity contribution < 1.29 is 4.79 Å². The summed E-state index contributed by atoms with van der Waals surface area (Å²) < 4.78 is 0. The van der Waals surface area contributed by atoms with Crippen LogP contribution in [0.15, 0.2) is 66.7 Å². The molecule has 0 N–H and O–H groups in total. The minimum atomic E-state index is 0.208. The summed E-state index contributed by atoms with van der Waals surface area (Å²) in [6.45, 7) is 1.65. The van der Waals surface area contributed by atoms with Crippen molar-refractivity contribution in [3.05, 3.63) is 83.4 Å². The minimum Gasteiger partial charge on any atom is -0.300 e. The fraction of sp³-hybridized carbons (Fsp3) is 0.150. The molecule has 0 aliphatic carbocycles. The third kappa shape index (κ3) is 3.03. The molecule has 0 unspecified atom stereocenters. The lowest BCUT2D eigenvalue weighted by molar-refractivity contribution is -0.116. The summed E-state index contributed by atoms with van der Waals surface area (Å²) in [7, 11) is 0. The summed E-state index contributed by atoms with van der Waals surface area (Å²) in [5, 5.41) is 2.48. The van der Waals surface area contributed by atoms with Crippen molar-refractivity contribution in [1.29, 1.82) is 0 Å². The second kappa shape index (κ2) is 5.92. The fourth-order valence-corrected chi connectivity index (χ4v) is 2.82. The Hall–Kier alpha value is -2.41. The number of fused-ring (bicyclic) bond motifs is 1. The zero-order valence-corrected chi connectivity index (χ0v) is 12.2. The molecule has 1 heteroatoms. The van der Waals surface area contributed by atoms with E-state index < -0.39 is 0 Å². The second-order valence-corrected chi connectivity index (χ2v) is 5.47. The van der Waals surface area contributed by atoms with Crippen LogP contribution in [0.25, 0.3) is 10.8 Å². The van der Waals surface area contributed by atoms with E-state index in [1.807, 2.05) is 6.07 Å². The Labute approximate surface area is 125 Å². The molecule has 0 radical (unpaired) electrons. The Morgan fingerprint density at radius 3 is 2.33 bits per heavy atom. The highest BCUT2D eigenvalue weighted by Crippen LogP contribution is 2.25. The molecule has 0 aliphatic rings. The van der Waals surface area contributed by atoms with Gasteiger partial charge in [0.25, 0.3) is 0 Å². The number of carbonyl (C=O) groups is 1. The van der Waals surface area contributed by atoms with Gasteiger partial charge in [0.1, 0.15) is 5.78 Å². The third-order valence-corrected chi connectivity index (χ3v) is 3.80. The number of ketones is 1. The molecule has 0 saturated carbocycles. The lowest BCUT2D eigenvalue weighted by Gasteiger charge is -2.13. The number of benzene rings is 3.